The minimum Gasteiger partial charge on any atom is -0.462 e. The van der Waals surface area contributed by atoms with E-state index >= 15 is 0 Å². The Morgan fingerprint density at radius 1 is 1.32 bits per heavy atom. The first kappa shape index (κ1) is 21.1. The van der Waals surface area contributed by atoms with Gasteiger partial charge in [0.2, 0.25) is 17.5 Å². The number of nitrogens with zero attached hydrogens (tertiary/aromatic N) is 2. The molecule has 2 rings (SSSR count). The fraction of sp³-hybridized carbons (Fsp3) is 0.500. The van der Waals surface area contributed by atoms with Gasteiger partial charge in [-0.05, 0) is 27.2 Å². The van der Waals surface area contributed by atoms with Crippen LogP contribution in [0.1, 0.15) is 43.3 Å². The maximum absolute atomic E-state index is 12.8. The first-order valence-corrected chi connectivity index (χ1v) is 9.02. The van der Waals surface area contributed by atoms with Gasteiger partial charge in [-0.15, -0.1) is 0 Å². The molecule has 0 aliphatic rings. The minimum absolute atomic E-state index is 0.00332. The molecule has 0 saturated heterocycles. The zero-order chi connectivity index (χ0) is 20.8. The molecule has 10 nitrogen and oxygen atoms in total. The monoisotopic (exact) mass is 392 g/mol. The van der Waals surface area contributed by atoms with Crippen LogP contribution in [0.15, 0.2) is 15.5 Å². The number of hydrogen-bond donors (Lipinski definition) is 2. The van der Waals surface area contributed by atoms with Crippen molar-refractivity contribution in [2.24, 2.45) is 0 Å². The van der Waals surface area contributed by atoms with Crippen molar-refractivity contribution in [3.8, 4) is 0 Å². The standard InChI is InChI=1S/C18H24N4O6/c1-5-7-19-15(24)10(3)21-12(23)8-22-9-20-16-14(17(22)25)13(11(4)28-16)18(26)27-6-2/h9-10H,5-8H2,1-4H3,(H,19,24)(H,21,23)/t10-/m1/s1. The Bertz CT molecular complexity index is 945. The van der Waals surface area contributed by atoms with Crippen LogP contribution in [0.4, 0.5) is 0 Å². The van der Waals surface area contributed by atoms with Crippen LogP contribution < -0.4 is 16.2 Å². The predicted octanol–water partition coefficient (Wildman–Crippen LogP) is 0.506. The number of furan rings is 1. The quantitative estimate of drug-likeness (QED) is 0.625. The zero-order valence-corrected chi connectivity index (χ0v) is 16.3. The maximum Gasteiger partial charge on any atom is 0.342 e. The molecule has 2 amide bonds. The second-order valence-electron chi connectivity index (χ2n) is 6.19. The second kappa shape index (κ2) is 9.16. The van der Waals surface area contributed by atoms with E-state index < -0.39 is 23.5 Å². The van der Waals surface area contributed by atoms with Crippen molar-refractivity contribution in [2.45, 2.75) is 46.7 Å². The number of rotatable bonds is 8. The van der Waals surface area contributed by atoms with Gasteiger partial charge in [-0.25, -0.2) is 9.78 Å². The molecular weight excluding hydrogens is 368 g/mol. The van der Waals surface area contributed by atoms with Crippen molar-refractivity contribution in [1.29, 1.82) is 0 Å². The number of carbonyl (C=O) groups excluding carboxylic acids is 3. The van der Waals surface area contributed by atoms with E-state index in [9.17, 15) is 19.2 Å². The molecule has 0 aliphatic carbocycles. The second-order valence-corrected chi connectivity index (χ2v) is 6.19. The van der Waals surface area contributed by atoms with Crippen LogP contribution in [0.2, 0.25) is 0 Å². The molecule has 0 aromatic carbocycles. The molecule has 0 saturated carbocycles. The van der Waals surface area contributed by atoms with E-state index in [-0.39, 0.29) is 41.5 Å². The van der Waals surface area contributed by atoms with E-state index in [4.69, 9.17) is 9.15 Å². The van der Waals surface area contributed by atoms with Gasteiger partial charge in [-0.3, -0.25) is 19.0 Å². The Hall–Kier alpha value is -3.17. The SMILES string of the molecule is CCCNC(=O)[C@@H](C)NC(=O)Cn1cnc2oc(C)c(C(=O)OCC)c2c1=O. The van der Waals surface area contributed by atoms with E-state index in [0.29, 0.717) is 6.54 Å². The van der Waals surface area contributed by atoms with Crippen molar-refractivity contribution in [2.75, 3.05) is 13.2 Å². The fourth-order valence-electron chi connectivity index (χ4n) is 2.61. The molecule has 1 atom stereocenters. The smallest absolute Gasteiger partial charge is 0.342 e. The van der Waals surface area contributed by atoms with Gasteiger partial charge in [-0.1, -0.05) is 6.92 Å². The molecule has 0 radical (unpaired) electrons. The highest BCUT2D eigenvalue weighted by molar-refractivity contribution is 6.03. The average Bonchev–Trinajstić information content (AvgIpc) is 2.99. The molecule has 2 aromatic rings. The number of ether oxygens (including phenoxy) is 1. The first-order chi connectivity index (χ1) is 13.3. The summed E-state index contributed by atoms with van der Waals surface area (Å²) in [5, 5.41) is 5.15. The summed E-state index contributed by atoms with van der Waals surface area (Å²) < 4.78 is 11.4. The number of aromatic nitrogens is 2. The van der Waals surface area contributed by atoms with Crippen LogP contribution in [0.25, 0.3) is 11.1 Å². The van der Waals surface area contributed by atoms with E-state index in [2.05, 4.69) is 15.6 Å². The highest BCUT2D eigenvalue weighted by Gasteiger charge is 2.24. The van der Waals surface area contributed by atoms with Crippen LogP contribution in [-0.2, 0) is 20.9 Å². The Balaban J connectivity index is 2.24. The van der Waals surface area contributed by atoms with Gasteiger partial charge < -0.3 is 19.8 Å². The Labute approximate surface area is 161 Å². The summed E-state index contributed by atoms with van der Waals surface area (Å²) in [6, 6.07) is -0.752. The number of amides is 2. The van der Waals surface area contributed by atoms with Crippen molar-refractivity contribution in [3.05, 3.63) is 28.0 Å². The lowest BCUT2D eigenvalue weighted by Crippen LogP contribution is -2.46. The number of esters is 1. The molecule has 2 N–H and O–H groups in total. The molecular formula is C18H24N4O6. The third-order valence-corrected chi connectivity index (χ3v) is 3.97. The van der Waals surface area contributed by atoms with E-state index in [1.54, 1.807) is 13.8 Å². The van der Waals surface area contributed by atoms with E-state index in [0.717, 1.165) is 17.3 Å². The summed E-state index contributed by atoms with van der Waals surface area (Å²) in [4.78, 5) is 53.0. The van der Waals surface area contributed by atoms with Gasteiger partial charge in [0, 0.05) is 6.54 Å². The molecule has 0 unspecified atom stereocenters. The summed E-state index contributed by atoms with van der Waals surface area (Å²) in [5.74, 6) is -1.34. The summed E-state index contributed by atoms with van der Waals surface area (Å²) in [6.45, 7) is 6.93. The van der Waals surface area contributed by atoms with E-state index in [1.165, 1.54) is 6.92 Å². The predicted molar refractivity (Wildman–Crippen MR) is 99.9 cm³/mol. The van der Waals surface area contributed by atoms with Gasteiger partial charge in [0.15, 0.2) is 0 Å². The highest BCUT2D eigenvalue weighted by Crippen LogP contribution is 2.21. The zero-order valence-electron chi connectivity index (χ0n) is 16.3. The lowest BCUT2D eigenvalue weighted by molar-refractivity contribution is -0.128. The summed E-state index contributed by atoms with van der Waals surface area (Å²) in [6.07, 6.45) is 1.93. The van der Waals surface area contributed by atoms with Gasteiger partial charge >= 0.3 is 5.97 Å². The third-order valence-electron chi connectivity index (χ3n) is 3.97. The molecule has 2 aromatic heterocycles. The third kappa shape index (κ3) is 4.56. The van der Waals surface area contributed by atoms with Crippen LogP contribution in [0.5, 0.6) is 0 Å². The van der Waals surface area contributed by atoms with Gasteiger partial charge in [0.05, 0.1) is 6.61 Å². The van der Waals surface area contributed by atoms with Gasteiger partial charge in [-0.2, -0.15) is 0 Å². The first-order valence-electron chi connectivity index (χ1n) is 9.02. The number of aryl methyl sites for hydroxylation is 1. The van der Waals surface area contributed by atoms with Crippen LogP contribution >= 0.6 is 0 Å². The largest absolute Gasteiger partial charge is 0.462 e. The molecule has 0 bridgehead atoms. The lowest BCUT2D eigenvalue weighted by atomic mass is 10.2. The molecule has 10 heteroatoms. The number of hydrogen-bond acceptors (Lipinski definition) is 7. The van der Waals surface area contributed by atoms with Crippen LogP contribution in [0.3, 0.4) is 0 Å². The molecule has 0 fully saturated rings. The number of carbonyl (C=O) groups is 3. The van der Waals surface area contributed by atoms with Gasteiger partial charge in [0.25, 0.3) is 5.56 Å². The van der Waals surface area contributed by atoms with Crippen molar-refractivity contribution < 1.29 is 23.5 Å². The number of fused-ring (bicyclic) bond motifs is 1. The maximum atomic E-state index is 12.8. The Morgan fingerprint density at radius 2 is 2.04 bits per heavy atom. The molecule has 0 spiro atoms. The highest BCUT2D eigenvalue weighted by atomic mass is 16.5. The van der Waals surface area contributed by atoms with E-state index in [1.807, 2.05) is 6.92 Å². The summed E-state index contributed by atoms with van der Waals surface area (Å²) >= 11 is 0. The van der Waals surface area contributed by atoms with Crippen molar-refractivity contribution in [3.63, 3.8) is 0 Å². The summed E-state index contributed by atoms with van der Waals surface area (Å²) in [7, 11) is 0. The lowest BCUT2D eigenvalue weighted by Gasteiger charge is -2.14. The molecule has 2 heterocycles. The minimum atomic E-state index is -0.752. The fourth-order valence-corrected chi connectivity index (χ4v) is 2.61. The molecule has 152 valence electrons. The van der Waals surface area contributed by atoms with Crippen LogP contribution in [-0.4, -0.2) is 46.5 Å². The number of nitrogens with one attached hydrogen (secondary N) is 2. The topological polar surface area (TPSA) is 133 Å². The van der Waals surface area contributed by atoms with Crippen molar-refractivity contribution in [1.82, 2.24) is 20.2 Å². The van der Waals surface area contributed by atoms with Gasteiger partial charge in [0.1, 0.15) is 35.6 Å². The summed E-state index contributed by atoms with van der Waals surface area (Å²) in [5.41, 5.74) is -0.617. The van der Waals surface area contributed by atoms with Crippen LogP contribution in [0, 0.1) is 6.92 Å². The molecule has 28 heavy (non-hydrogen) atoms. The van der Waals surface area contributed by atoms with Crippen molar-refractivity contribution >= 4 is 28.9 Å². The Morgan fingerprint density at radius 3 is 2.68 bits per heavy atom. The normalized spacial score (nSPS) is 11.9. The average molecular weight is 392 g/mol. The Kier molecular flexibility index (Phi) is 6.91. The molecule has 0 aliphatic heterocycles.